The maximum Gasteiger partial charge on any atom is 0.273 e. The number of anilines is 1. The van der Waals surface area contributed by atoms with Gasteiger partial charge in [0.15, 0.2) is 5.82 Å². The molecule has 0 unspecified atom stereocenters. The minimum atomic E-state index is 0.555. The lowest BCUT2D eigenvalue weighted by atomic mass is 9.94. The molecule has 0 radical (unpaired) electrons. The van der Waals surface area contributed by atoms with Crippen LogP contribution >= 0.6 is 11.3 Å². The van der Waals surface area contributed by atoms with Crippen LogP contribution < -0.4 is 9.64 Å². The van der Waals surface area contributed by atoms with Gasteiger partial charge in [-0.25, -0.2) is 4.98 Å². The van der Waals surface area contributed by atoms with E-state index in [1.165, 1.54) is 11.3 Å². The van der Waals surface area contributed by atoms with Crippen molar-refractivity contribution in [1.82, 2.24) is 15.2 Å². The molecule has 0 saturated carbocycles. The first-order valence-corrected chi connectivity index (χ1v) is 9.91. The number of thiazole rings is 1. The highest BCUT2D eigenvalue weighted by atomic mass is 32.1. The molecule has 1 fully saturated rings. The normalized spacial score (nSPS) is 15.5. The second kappa shape index (κ2) is 9.47. The number of nitrogens with zero attached hydrogens (tertiary/aromatic N) is 5. The molecule has 8 heteroatoms. The molecule has 1 saturated heterocycles. The molecule has 0 spiro atoms. The average Bonchev–Trinajstić information content (AvgIpc) is 3.11. The lowest BCUT2D eigenvalue weighted by molar-refractivity contribution is 0.160. The number of oxime groups is 1. The van der Waals surface area contributed by atoms with E-state index in [0.717, 1.165) is 49.6 Å². The van der Waals surface area contributed by atoms with E-state index < -0.39 is 0 Å². The Labute approximate surface area is 158 Å². The van der Waals surface area contributed by atoms with Crippen LogP contribution in [0.1, 0.15) is 37.6 Å². The van der Waals surface area contributed by atoms with Gasteiger partial charge in [-0.15, -0.1) is 5.10 Å². The van der Waals surface area contributed by atoms with Gasteiger partial charge in [0.2, 0.25) is 0 Å². The molecule has 3 heterocycles. The summed E-state index contributed by atoms with van der Waals surface area (Å²) in [6.07, 6.45) is 4.97. The number of aromatic nitrogens is 3. The smallest absolute Gasteiger partial charge is 0.273 e. The Hall–Kier alpha value is -2.22. The summed E-state index contributed by atoms with van der Waals surface area (Å²) in [6, 6.07) is 4.07. The monoisotopic (exact) mass is 375 g/mol. The molecule has 140 valence electrons. The second-order valence-corrected chi connectivity index (χ2v) is 7.11. The summed E-state index contributed by atoms with van der Waals surface area (Å²) >= 11 is 1.49. The molecule has 1 aliphatic heterocycles. The lowest BCUT2D eigenvalue weighted by Gasteiger charge is -2.32. The van der Waals surface area contributed by atoms with Crippen molar-refractivity contribution in [2.24, 2.45) is 11.1 Å². The van der Waals surface area contributed by atoms with Crippen molar-refractivity contribution in [3.63, 3.8) is 0 Å². The zero-order valence-corrected chi connectivity index (χ0v) is 16.1. The summed E-state index contributed by atoms with van der Waals surface area (Å²) in [5, 5.41) is 14.8. The first-order valence-electron chi connectivity index (χ1n) is 9.03. The van der Waals surface area contributed by atoms with Gasteiger partial charge in [-0.05, 0) is 51.2 Å². The standard InChI is InChI=1S/C18H25N5O2S/c1-3-25-19-12-16-13-26-18(20-16)24-11-8-15-6-9-23(10-7-15)17-5-4-14(2)21-22-17/h4-5,12-13,15H,3,6-11H2,1-2H3. The molecule has 2 aromatic heterocycles. The zero-order valence-electron chi connectivity index (χ0n) is 15.3. The van der Waals surface area contributed by atoms with Gasteiger partial charge in [0.05, 0.1) is 24.2 Å². The fraction of sp³-hybridized carbons (Fsp3) is 0.556. The Morgan fingerprint density at radius 3 is 2.88 bits per heavy atom. The summed E-state index contributed by atoms with van der Waals surface area (Å²) in [5.74, 6) is 1.66. The van der Waals surface area contributed by atoms with Crippen molar-refractivity contribution >= 4 is 23.4 Å². The molecule has 3 rings (SSSR count). The number of aryl methyl sites for hydroxylation is 1. The number of ether oxygens (including phenoxy) is 1. The van der Waals surface area contributed by atoms with Crippen LogP contribution in [0.4, 0.5) is 5.82 Å². The maximum absolute atomic E-state index is 5.79. The van der Waals surface area contributed by atoms with Crippen molar-refractivity contribution in [3.05, 3.63) is 28.9 Å². The molecule has 2 aromatic rings. The van der Waals surface area contributed by atoms with Gasteiger partial charge in [0, 0.05) is 18.5 Å². The SMILES string of the molecule is CCON=Cc1csc(OCCC2CCN(c3ccc(C)nn3)CC2)n1. The molecule has 26 heavy (non-hydrogen) atoms. The van der Waals surface area contributed by atoms with Crippen LogP contribution in [-0.4, -0.2) is 47.7 Å². The second-order valence-electron chi connectivity index (χ2n) is 6.29. The van der Waals surface area contributed by atoms with Crippen molar-refractivity contribution in [1.29, 1.82) is 0 Å². The fourth-order valence-electron chi connectivity index (χ4n) is 2.88. The molecule has 1 aliphatic rings. The van der Waals surface area contributed by atoms with Crippen LogP contribution in [-0.2, 0) is 4.84 Å². The van der Waals surface area contributed by atoms with Crippen LogP contribution in [0.25, 0.3) is 0 Å². The van der Waals surface area contributed by atoms with Gasteiger partial charge in [-0.1, -0.05) is 16.5 Å². The molecular weight excluding hydrogens is 350 g/mol. The van der Waals surface area contributed by atoms with Crippen molar-refractivity contribution in [3.8, 4) is 5.19 Å². The summed E-state index contributed by atoms with van der Waals surface area (Å²) in [5.41, 5.74) is 1.72. The topological polar surface area (TPSA) is 72.7 Å². The summed E-state index contributed by atoms with van der Waals surface area (Å²) < 4.78 is 5.79. The predicted molar refractivity (Wildman–Crippen MR) is 103 cm³/mol. The third-order valence-corrected chi connectivity index (χ3v) is 5.13. The van der Waals surface area contributed by atoms with E-state index in [9.17, 15) is 0 Å². The molecule has 0 aromatic carbocycles. The van der Waals surface area contributed by atoms with Gasteiger partial charge in [-0.3, -0.25) is 0 Å². The predicted octanol–water partition coefficient (Wildman–Crippen LogP) is 3.30. The van der Waals surface area contributed by atoms with Crippen LogP contribution in [0.2, 0.25) is 0 Å². The van der Waals surface area contributed by atoms with Crippen LogP contribution in [0.15, 0.2) is 22.7 Å². The molecule has 0 amide bonds. The number of hydrogen-bond acceptors (Lipinski definition) is 8. The van der Waals surface area contributed by atoms with Gasteiger partial charge >= 0.3 is 0 Å². The molecular formula is C18H25N5O2S. The Morgan fingerprint density at radius 2 is 2.15 bits per heavy atom. The molecule has 0 aliphatic carbocycles. The van der Waals surface area contributed by atoms with Crippen molar-refractivity contribution < 1.29 is 9.57 Å². The highest BCUT2D eigenvalue weighted by Gasteiger charge is 2.20. The lowest BCUT2D eigenvalue weighted by Crippen LogP contribution is -2.34. The molecule has 0 atom stereocenters. The largest absolute Gasteiger partial charge is 0.470 e. The first-order chi connectivity index (χ1) is 12.7. The quantitative estimate of drug-likeness (QED) is 0.521. The van der Waals surface area contributed by atoms with Gasteiger partial charge < -0.3 is 14.5 Å². The van der Waals surface area contributed by atoms with E-state index in [2.05, 4.69) is 31.3 Å². The molecule has 7 nitrogen and oxygen atoms in total. The third-order valence-electron chi connectivity index (χ3n) is 4.36. The zero-order chi connectivity index (χ0) is 18.2. The first kappa shape index (κ1) is 18.6. The third kappa shape index (κ3) is 5.39. The average molecular weight is 375 g/mol. The Bertz CT molecular complexity index is 696. The van der Waals surface area contributed by atoms with E-state index >= 15 is 0 Å². The molecule has 0 N–H and O–H groups in total. The summed E-state index contributed by atoms with van der Waals surface area (Å²) in [6.45, 7) is 7.16. The van der Waals surface area contributed by atoms with Crippen molar-refractivity contribution in [2.75, 3.05) is 31.2 Å². The Balaban J connectivity index is 1.37. The van der Waals surface area contributed by atoms with E-state index in [4.69, 9.17) is 9.57 Å². The van der Waals surface area contributed by atoms with E-state index in [1.54, 1.807) is 6.21 Å². The van der Waals surface area contributed by atoms with Gasteiger partial charge in [-0.2, -0.15) is 5.10 Å². The maximum atomic E-state index is 5.79. The van der Waals surface area contributed by atoms with Gasteiger partial charge in [0.25, 0.3) is 5.19 Å². The summed E-state index contributed by atoms with van der Waals surface area (Å²) in [7, 11) is 0. The van der Waals surface area contributed by atoms with E-state index in [0.29, 0.717) is 24.3 Å². The van der Waals surface area contributed by atoms with E-state index in [-0.39, 0.29) is 0 Å². The molecule has 0 bridgehead atoms. The highest BCUT2D eigenvalue weighted by Crippen LogP contribution is 2.24. The minimum absolute atomic E-state index is 0.555. The van der Waals surface area contributed by atoms with Crippen LogP contribution in [0.5, 0.6) is 5.19 Å². The van der Waals surface area contributed by atoms with E-state index in [1.807, 2.05) is 25.3 Å². The highest BCUT2D eigenvalue weighted by molar-refractivity contribution is 7.11. The number of rotatable bonds is 8. The van der Waals surface area contributed by atoms with Crippen molar-refractivity contribution in [2.45, 2.75) is 33.1 Å². The minimum Gasteiger partial charge on any atom is -0.470 e. The summed E-state index contributed by atoms with van der Waals surface area (Å²) in [4.78, 5) is 11.6. The van der Waals surface area contributed by atoms with Crippen LogP contribution in [0.3, 0.4) is 0 Å². The van der Waals surface area contributed by atoms with Gasteiger partial charge in [0.1, 0.15) is 6.61 Å². The number of piperidine rings is 1. The Kier molecular flexibility index (Phi) is 6.76. The number of hydrogen-bond donors (Lipinski definition) is 0. The Morgan fingerprint density at radius 1 is 1.31 bits per heavy atom. The van der Waals surface area contributed by atoms with Crippen LogP contribution in [0, 0.1) is 12.8 Å². The fourth-order valence-corrected chi connectivity index (χ4v) is 3.53.